The molecule has 5 nitrogen and oxygen atoms in total. The Morgan fingerprint density at radius 3 is 2.63 bits per heavy atom. The number of carboxylic acid groups (broad SMARTS) is 1. The lowest BCUT2D eigenvalue weighted by Gasteiger charge is -2.12. The number of nitrogens with one attached hydrogen (secondary N) is 2. The summed E-state index contributed by atoms with van der Waals surface area (Å²) in [5, 5.41) is 18.8. The van der Waals surface area contributed by atoms with Crippen LogP contribution in [0.15, 0.2) is 36.5 Å². The van der Waals surface area contributed by atoms with E-state index >= 15 is 0 Å². The average Bonchev–Trinajstić information content (AvgIpc) is 2.94. The standard InChI is InChI=1S/C14H17N3O2/c1-2-12(14(18)19)15-9-10-3-5-11(6-4-10)13-7-8-16-17-13/h3-8,12,15H,2,9H2,1H3,(H,16,17)(H,18,19). The van der Waals surface area contributed by atoms with Gasteiger partial charge in [-0.05, 0) is 23.6 Å². The molecule has 0 saturated carbocycles. The van der Waals surface area contributed by atoms with Crippen molar-refractivity contribution in [2.75, 3.05) is 0 Å². The molecule has 0 saturated heterocycles. The number of aromatic nitrogens is 2. The zero-order valence-corrected chi connectivity index (χ0v) is 10.8. The molecule has 1 atom stereocenters. The fourth-order valence-electron chi connectivity index (χ4n) is 1.87. The van der Waals surface area contributed by atoms with Gasteiger partial charge in [-0.15, -0.1) is 0 Å². The van der Waals surface area contributed by atoms with Crippen molar-refractivity contribution in [2.45, 2.75) is 25.9 Å². The van der Waals surface area contributed by atoms with Crippen LogP contribution >= 0.6 is 0 Å². The van der Waals surface area contributed by atoms with Crippen molar-refractivity contribution >= 4 is 5.97 Å². The topological polar surface area (TPSA) is 78.0 Å². The maximum Gasteiger partial charge on any atom is 0.320 e. The van der Waals surface area contributed by atoms with E-state index < -0.39 is 12.0 Å². The van der Waals surface area contributed by atoms with E-state index in [0.717, 1.165) is 16.8 Å². The third-order valence-corrected chi connectivity index (χ3v) is 3.02. The van der Waals surface area contributed by atoms with Crippen LogP contribution in [0.4, 0.5) is 0 Å². The summed E-state index contributed by atoms with van der Waals surface area (Å²) in [6, 6.07) is 9.37. The SMILES string of the molecule is CCC(NCc1ccc(-c2ccn[nH]2)cc1)C(=O)O. The Kier molecular flexibility index (Phi) is 4.30. The van der Waals surface area contributed by atoms with Crippen LogP contribution in [0, 0.1) is 0 Å². The van der Waals surface area contributed by atoms with Crippen molar-refractivity contribution in [3.8, 4) is 11.3 Å². The van der Waals surface area contributed by atoms with E-state index in [4.69, 9.17) is 5.11 Å². The quantitative estimate of drug-likeness (QED) is 0.741. The number of aromatic amines is 1. The molecule has 2 rings (SSSR count). The molecule has 0 aliphatic carbocycles. The van der Waals surface area contributed by atoms with Crippen LogP contribution in [-0.4, -0.2) is 27.3 Å². The normalized spacial score (nSPS) is 12.3. The van der Waals surface area contributed by atoms with Gasteiger partial charge in [-0.25, -0.2) is 0 Å². The molecule has 0 bridgehead atoms. The number of carbonyl (C=O) groups is 1. The first kappa shape index (κ1) is 13.3. The van der Waals surface area contributed by atoms with Gasteiger partial charge in [-0.3, -0.25) is 9.89 Å². The van der Waals surface area contributed by atoms with E-state index in [1.807, 2.05) is 37.3 Å². The minimum Gasteiger partial charge on any atom is -0.480 e. The van der Waals surface area contributed by atoms with E-state index in [-0.39, 0.29) is 0 Å². The number of benzene rings is 1. The molecule has 2 aromatic rings. The Morgan fingerprint density at radius 1 is 1.37 bits per heavy atom. The van der Waals surface area contributed by atoms with Crippen LogP contribution in [-0.2, 0) is 11.3 Å². The summed E-state index contributed by atoms with van der Waals surface area (Å²) in [5.41, 5.74) is 3.09. The molecule has 19 heavy (non-hydrogen) atoms. The molecule has 1 aromatic carbocycles. The van der Waals surface area contributed by atoms with E-state index in [2.05, 4.69) is 15.5 Å². The fraction of sp³-hybridized carbons (Fsp3) is 0.286. The average molecular weight is 259 g/mol. The first-order valence-corrected chi connectivity index (χ1v) is 6.25. The van der Waals surface area contributed by atoms with Gasteiger partial charge in [-0.2, -0.15) is 5.10 Å². The lowest BCUT2D eigenvalue weighted by molar-refractivity contribution is -0.139. The molecule has 3 N–H and O–H groups in total. The van der Waals surface area contributed by atoms with Gasteiger partial charge in [-0.1, -0.05) is 31.2 Å². The Balaban J connectivity index is 1.97. The Morgan fingerprint density at radius 2 is 2.11 bits per heavy atom. The lowest BCUT2D eigenvalue weighted by Crippen LogP contribution is -2.35. The van der Waals surface area contributed by atoms with Gasteiger partial charge in [0, 0.05) is 12.7 Å². The first-order chi connectivity index (χ1) is 9.20. The van der Waals surface area contributed by atoms with Crippen molar-refractivity contribution in [1.82, 2.24) is 15.5 Å². The van der Waals surface area contributed by atoms with Crippen LogP contribution in [0.1, 0.15) is 18.9 Å². The summed E-state index contributed by atoms with van der Waals surface area (Å²) in [7, 11) is 0. The molecular formula is C14H17N3O2. The second-order valence-corrected chi connectivity index (χ2v) is 4.35. The Labute approximate surface area is 111 Å². The van der Waals surface area contributed by atoms with Crippen molar-refractivity contribution in [2.24, 2.45) is 0 Å². The molecule has 100 valence electrons. The molecule has 0 radical (unpaired) electrons. The molecule has 1 aromatic heterocycles. The maximum atomic E-state index is 10.9. The van der Waals surface area contributed by atoms with Crippen molar-refractivity contribution in [3.05, 3.63) is 42.1 Å². The van der Waals surface area contributed by atoms with Crippen LogP contribution in [0.25, 0.3) is 11.3 Å². The van der Waals surface area contributed by atoms with E-state index in [1.54, 1.807) is 6.20 Å². The number of rotatable bonds is 6. The van der Waals surface area contributed by atoms with E-state index in [0.29, 0.717) is 13.0 Å². The molecule has 0 aliphatic heterocycles. The summed E-state index contributed by atoms with van der Waals surface area (Å²) < 4.78 is 0. The zero-order chi connectivity index (χ0) is 13.7. The van der Waals surface area contributed by atoms with Gasteiger partial charge in [0.1, 0.15) is 6.04 Å². The summed E-state index contributed by atoms with van der Waals surface area (Å²) in [6.45, 7) is 2.40. The lowest BCUT2D eigenvalue weighted by atomic mass is 10.1. The summed E-state index contributed by atoms with van der Waals surface area (Å²) >= 11 is 0. The number of nitrogens with zero attached hydrogens (tertiary/aromatic N) is 1. The van der Waals surface area contributed by atoms with Gasteiger partial charge >= 0.3 is 5.97 Å². The molecular weight excluding hydrogens is 242 g/mol. The van der Waals surface area contributed by atoms with Gasteiger partial charge in [0.15, 0.2) is 0 Å². The van der Waals surface area contributed by atoms with Gasteiger partial charge in [0.05, 0.1) is 5.69 Å². The molecule has 1 heterocycles. The predicted octanol–water partition coefficient (Wildman–Crippen LogP) is 2.03. The third kappa shape index (κ3) is 3.42. The highest BCUT2D eigenvalue weighted by molar-refractivity contribution is 5.73. The Bertz CT molecular complexity index is 520. The van der Waals surface area contributed by atoms with Gasteiger partial charge in [0.2, 0.25) is 0 Å². The zero-order valence-electron chi connectivity index (χ0n) is 10.8. The number of aliphatic carboxylic acids is 1. The highest BCUT2D eigenvalue weighted by atomic mass is 16.4. The maximum absolute atomic E-state index is 10.9. The van der Waals surface area contributed by atoms with E-state index in [1.165, 1.54) is 0 Å². The van der Waals surface area contributed by atoms with Crippen LogP contribution in [0.2, 0.25) is 0 Å². The van der Waals surface area contributed by atoms with Gasteiger partial charge in [0.25, 0.3) is 0 Å². The highest BCUT2D eigenvalue weighted by Gasteiger charge is 2.13. The number of carboxylic acids is 1. The van der Waals surface area contributed by atoms with Crippen LogP contribution in [0.5, 0.6) is 0 Å². The van der Waals surface area contributed by atoms with Crippen molar-refractivity contribution in [3.63, 3.8) is 0 Å². The summed E-state index contributed by atoms with van der Waals surface area (Å²) in [5.74, 6) is -0.809. The summed E-state index contributed by atoms with van der Waals surface area (Å²) in [6.07, 6.45) is 2.28. The second kappa shape index (κ2) is 6.15. The minimum absolute atomic E-state index is 0.493. The fourth-order valence-corrected chi connectivity index (χ4v) is 1.87. The molecule has 0 aliphatic rings. The largest absolute Gasteiger partial charge is 0.480 e. The second-order valence-electron chi connectivity index (χ2n) is 4.35. The molecule has 5 heteroatoms. The third-order valence-electron chi connectivity index (χ3n) is 3.02. The molecule has 0 amide bonds. The first-order valence-electron chi connectivity index (χ1n) is 6.25. The monoisotopic (exact) mass is 259 g/mol. The Hall–Kier alpha value is -2.14. The predicted molar refractivity (Wildman–Crippen MR) is 72.6 cm³/mol. The number of hydrogen-bond donors (Lipinski definition) is 3. The molecule has 1 unspecified atom stereocenters. The number of H-pyrrole nitrogens is 1. The van der Waals surface area contributed by atoms with E-state index in [9.17, 15) is 4.79 Å². The van der Waals surface area contributed by atoms with Crippen LogP contribution < -0.4 is 5.32 Å². The van der Waals surface area contributed by atoms with Gasteiger partial charge < -0.3 is 10.4 Å². The smallest absolute Gasteiger partial charge is 0.320 e. The van der Waals surface area contributed by atoms with Crippen molar-refractivity contribution < 1.29 is 9.90 Å². The molecule has 0 fully saturated rings. The number of hydrogen-bond acceptors (Lipinski definition) is 3. The molecule has 0 spiro atoms. The minimum atomic E-state index is -0.809. The van der Waals surface area contributed by atoms with Crippen LogP contribution in [0.3, 0.4) is 0 Å². The summed E-state index contributed by atoms with van der Waals surface area (Å²) in [4.78, 5) is 10.9. The van der Waals surface area contributed by atoms with Crippen molar-refractivity contribution in [1.29, 1.82) is 0 Å². The highest BCUT2D eigenvalue weighted by Crippen LogP contribution is 2.16.